The van der Waals surface area contributed by atoms with Gasteiger partial charge in [-0.1, -0.05) is 0 Å². The number of halogens is 2. The van der Waals surface area contributed by atoms with Crippen LogP contribution < -0.4 is 5.73 Å². The predicted molar refractivity (Wildman–Crippen MR) is 56.0 cm³/mol. The van der Waals surface area contributed by atoms with E-state index in [1.807, 2.05) is 0 Å². The summed E-state index contributed by atoms with van der Waals surface area (Å²) in [6, 6.07) is 2.45. The zero-order valence-corrected chi connectivity index (χ0v) is 8.59. The molecule has 1 saturated carbocycles. The van der Waals surface area contributed by atoms with E-state index in [0.717, 1.165) is 18.9 Å². The molecule has 4 heteroatoms. The van der Waals surface area contributed by atoms with E-state index in [1.165, 1.54) is 6.26 Å². The largest absolute Gasteiger partial charge is 0.461 e. The van der Waals surface area contributed by atoms with Crippen LogP contribution in [0.25, 0.3) is 11.0 Å². The average Bonchev–Trinajstić information content (AvgIpc) is 2.79. The van der Waals surface area contributed by atoms with Crippen molar-refractivity contribution in [3.63, 3.8) is 0 Å². The van der Waals surface area contributed by atoms with Crippen LogP contribution in [0, 0.1) is 11.6 Å². The molecule has 2 nitrogen and oxygen atoms in total. The first-order valence-electron chi connectivity index (χ1n) is 5.22. The van der Waals surface area contributed by atoms with Crippen molar-refractivity contribution in [1.82, 2.24) is 0 Å². The zero-order chi connectivity index (χ0) is 11.3. The monoisotopic (exact) mass is 223 g/mol. The highest BCUT2D eigenvalue weighted by molar-refractivity contribution is 5.82. The molecule has 0 atom stereocenters. The van der Waals surface area contributed by atoms with Crippen molar-refractivity contribution in [1.29, 1.82) is 0 Å². The van der Waals surface area contributed by atoms with Crippen LogP contribution in [0.15, 0.2) is 22.8 Å². The maximum atomic E-state index is 13.7. The highest BCUT2D eigenvalue weighted by Gasteiger charge is 2.39. The maximum Gasteiger partial charge on any atom is 0.169 e. The summed E-state index contributed by atoms with van der Waals surface area (Å²) in [4.78, 5) is 0. The summed E-state index contributed by atoms with van der Waals surface area (Å²) in [5, 5.41) is 0.495. The van der Waals surface area contributed by atoms with Crippen LogP contribution in [0.1, 0.15) is 18.4 Å². The highest BCUT2D eigenvalue weighted by Crippen LogP contribution is 2.38. The Morgan fingerprint density at radius 2 is 2.06 bits per heavy atom. The fourth-order valence-corrected chi connectivity index (χ4v) is 1.99. The number of nitrogens with two attached hydrogens (primary N) is 1. The summed E-state index contributed by atoms with van der Waals surface area (Å²) in [5.41, 5.74) is 6.23. The third kappa shape index (κ3) is 1.41. The Balaban J connectivity index is 2.18. The van der Waals surface area contributed by atoms with E-state index in [2.05, 4.69) is 0 Å². The fraction of sp³-hybridized carbons (Fsp3) is 0.333. The molecule has 84 valence electrons. The van der Waals surface area contributed by atoms with Crippen LogP contribution in [-0.2, 0) is 6.42 Å². The maximum absolute atomic E-state index is 13.7. The molecule has 1 aliphatic carbocycles. The van der Waals surface area contributed by atoms with E-state index in [0.29, 0.717) is 17.4 Å². The molecule has 0 saturated heterocycles. The molecule has 1 aliphatic rings. The van der Waals surface area contributed by atoms with Gasteiger partial charge < -0.3 is 10.2 Å². The lowest BCUT2D eigenvalue weighted by atomic mass is 10.0. The van der Waals surface area contributed by atoms with E-state index in [9.17, 15) is 8.78 Å². The molecule has 2 N–H and O–H groups in total. The van der Waals surface area contributed by atoms with Crippen molar-refractivity contribution >= 4 is 11.0 Å². The zero-order valence-electron chi connectivity index (χ0n) is 8.59. The van der Waals surface area contributed by atoms with Crippen LogP contribution >= 0.6 is 0 Å². The van der Waals surface area contributed by atoms with Gasteiger partial charge >= 0.3 is 0 Å². The first kappa shape index (κ1) is 9.78. The Morgan fingerprint density at radius 1 is 1.31 bits per heavy atom. The molecule has 3 rings (SSSR count). The molecule has 2 aromatic rings. The SMILES string of the molecule is NC1(Cc2c(F)cc(F)c3occc23)CC1. The Kier molecular flexibility index (Phi) is 1.86. The summed E-state index contributed by atoms with van der Waals surface area (Å²) >= 11 is 0. The average molecular weight is 223 g/mol. The number of fused-ring (bicyclic) bond motifs is 1. The van der Waals surface area contributed by atoms with Crippen LogP contribution in [0.5, 0.6) is 0 Å². The fourth-order valence-electron chi connectivity index (χ4n) is 1.99. The molecule has 0 spiro atoms. The van der Waals surface area contributed by atoms with Crippen molar-refractivity contribution < 1.29 is 13.2 Å². The molecule has 0 bridgehead atoms. The van der Waals surface area contributed by atoms with Gasteiger partial charge in [0.1, 0.15) is 5.82 Å². The molecule has 1 fully saturated rings. The molecule has 0 radical (unpaired) electrons. The van der Waals surface area contributed by atoms with Crippen LogP contribution in [0.2, 0.25) is 0 Å². The molecule has 1 heterocycles. The van der Waals surface area contributed by atoms with Gasteiger partial charge in [-0.2, -0.15) is 0 Å². The minimum absolute atomic E-state index is 0.112. The van der Waals surface area contributed by atoms with Crippen molar-refractivity contribution in [2.45, 2.75) is 24.8 Å². The highest BCUT2D eigenvalue weighted by atomic mass is 19.1. The van der Waals surface area contributed by atoms with E-state index >= 15 is 0 Å². The summed E-state index contributed by atoms with van der Waals surface area (Å²) in [6.45, 7) is 0. The third-order valence-corrected chi connectivity index (χ3v) is 3.17. The van der Waals surface area contributed by atoms with Crippen molar-refractivity contribution in [3.8, 4) is 0 Å². The van der Waals surface area contributed by atoms with Gasteiger partial charge in [-0.05, 0) is 25.3 Å². The smallest absolute Gasteiger partial charge is 0.169 e. The third-order valence-electron chi connectivity index (χ3n) is 3.17. The second-order valence-corrected chi connectivity index (χ2v) is 4.52. The Bertz CT molecular complexity index is 557. The number of benzene rings is 1. The van der Waals surface area contributed by atoms with Crippen LogP contribution in [-0.4, -0.2) is 5.54 Å². The summed E-state index contributed by atoms with van der Waals surface area (Å²) in [5.74, 6) is -1.20. The molecular weight excluding hydrogens is 212 g/mol. The van der Waals surface area contributed by atoms with E-state index in [4.69, 9.17) is 10.2 Å². The van der Waals surface area contributed by atoms with Gasteiger partial charge in [0.15, 0.2) is 11.4 Å². The van der Waals surface area contributed by atoms with Crippen molar-refractivity contribution in [2.75, 3.05) is 0 Å². The van der Waals surface area contributed by atoms with Gasteiger partial charge in [0.05, 0.1) is 6.26 Å². The lowest BCUT2D eigenvalue weighted by Gasteiger charge is -2.10. The van der Waals surface area contributed by atoms with E-state index in [1.54, 1.807) is 6.07 Å². The quantitative estimate of drug-likeness (QED) is 0.850. The van der Waals surface area contributed by atoms with Gasteiger partial charge in [0.25, 0.3) is 0 Å². The summed E-state index contributed by atoms with van der Waals surface area (Å²) < 4.78 is 32.0. The molecular formula is C12H11F2NO. The topological polar surface area (TPSA) is 39.2 Å². The van der Waals surface area contributed by atoms with Crippen LogP contribution in [0.4, 0.5) is 8.78 Å². The summed E-state index contributed by atoms with van der Waals surface area (Å²) in [6.07, 6.45) is 3.59. The molecule has 0 aliphatic heterocycles. The minimum atomic E-state index is -0.664. The number of rotatable bonds is 2. The second-order valence-electron chi connectivity index (χ2n) is 4.52. The number of hydrogen-bond donors (Lipinski definition) is 1. The van der Waals surface area contributed by atoms with Gasteiger partial charge in [0, 0.05) is 22.6 Å². The normalized spacial score (nSPS) is 17.9. The number of furan rings is 1. The Hall–Kier alpha value is -1.42. The Morgan fingerprint density at radius 3 is 2.75 bits per heavy atom. The minimum Gasteiger partial charge on any atom is -0.461 e. The van der Waals surface area contributed by atoms with E-state index < -0.39 is 11.6 Å². The van der Waals surface area contributed by atoms with Gasteiger partial charge in [-0.15, -0.1) is 0 Å². The lowest BCUT2D eigenvalue weighted by molar-refractivity contribution is 0.537. The molecule has 0 unspecified atom stereocenters. The molecule has 1 aromatic heterocycles. The van der Waals surface area contributed by atoms with Gasteiger partial charge in [0.2, 0.25) is 0 Å². The van der Waals surface area contributed by atoms with Crippen molar-refractivity contribution in [3.05, 3.63) is 35.6 Å². The molecule has 16 heavy (non-hydrogen) atoms. The van der Waals surface area contributed by atoms with E-state index in [-0.39, 0.29) is 11.1 Å². The van der Waals surface area contributed by atoms with Crippen LogP contribution in [0.3, 0.4) is 0 Å². The van der Waals surface area contributed by atoms with Gasteiger partial charge in [-0.3, -0.25) is 0 Å². The first-order valence-corrected chi connectivity index (χ1v) is 5.22. The Labute approximate surface area is 91.0 Å². The molecule has 0 amide bonds. The number of hydrogen-bond acceptors (Lipinski definition) is 2. The molecule has 1 aromatic carbocycles. The first-order chi connectivity index (χ1) is 7.59. The van der Waals surface area contributed by atoms with Gasteiger partial charge in [-0.25, -0.2) is 8.78 Å². The lowest BCUT2D eigenvalue weighted by Crippen LogP contribution is -2.25. The summed E-state index contributed by atoms with van der Waals surface area (Å²) in [7, 11) is 0. The predicted octanol–water partition coefficient (Wildman–Crippen LogP) is 2.74. The standard InChI is InChI=1S/C12H11F2NO/c13-9-5-10(14)11-7(1-4-16-11)8(9)6-12(15)2-3-12/h1,4-5H,2-3,6,15H2. The van der Waals surface area contributed by atoms with Crippen molar-refractivity contribution in [2.24, 2.45) is 5.73 Å². The second kappa shape index (κ2) is 3.04.